The van der Waals surface area contributed by atoms with Crippen molar-refractivity contribution in [2.75, 3.05) is 6.61 Å². The summed E-state index contributed by atoms with van der Waals surface area (Å²) in [5.41, 5.74) is 1.53. The lowest BCUT2D eigenvalue weighted by Crippen LogP contribution is -2.54. The van der Waals surface area contributed by atoms with Crippen LogP contribution in [0.3, 0.4) is 0 Å². The molecule has 1 aromatic heterocycles. The predicted molar refractivity (Wildman–Crippen MR) is 82.2 cm³/mol. The zero-order valence-electron chi connectivity index (χ0n) is 13.6. The predicted octanol–water partition coefficient (Wildman–Crippen LogP) is 2.08. The molecule has 1 aliphatic rings. The molecule has 2 rings (SSSR count). The van der Waals surface area contributed by atoms with Gasteiger partial charge in [0, 0.05) is 11.7 Å². The molecule has 0 saturated heterocycles. The monoisotopic (exact) mass is 293 g/mol. The summed E-state index contributed by atoms with van der Waals surface area (Å²) >= 11 is 0. The normalized spacial score (nSPS) is 17.5. The molecule has 0 spiro atoms. The largest absolute Gasteiger partial charge is 0.465 e. The molecule has 0 amide bonds. The van der Waals surface area contributed by atoms with Crippen molar-refractivity contribution in [3.63, 3.8) is 0 Å². The van der Waals surface area contributed by atoms with Gasteiger partial charge in [0.05, 0.1) is 18.8 Å². The van der Waals surface area contributed by atoms with Crippen molar-refractivity contribution in [3.8, 4) is 0 Å². The number of nitrogens with zero attached hydrogens (tertiary/aromatic N) is 2. The van der Waals surface area contributed by atoms with Crippen LogP contribution in [0.5, 0.6) is 0 Å². The fraction of sp³-hybridized carbons (Fsp3) is 0.750. The standard InChI is InChI=1S/C16H27N3O2/c1-5-12-10-14(6-2)19(18-12)11-16(4,15(20)21-7-3)17-13-8-9-13/h10,13,17H,5-9,11H2,1-4H3. The minimum Gasteiger partial charge on any atom is -0.465 e. The van der Waals surface area contributed by atoms with Gasteiger partial charge in [-0.05, 0) is 45.6 Å². The van der Waals surface area contributed by atoms with Crippen molar-refractivity contribution < 1.29 is 9.53 Å². The first kappa shape index (κ1) is 16.0. The van der Waals surface area contributed by atoms with Crippen LogP contribution in [0.25, 0.3) is 0 Å². The summed E-state index contributed by atoms with van der Waals surface area (Å²) in [4.78, 5) is 12.4. The molecule has 1 N–H and O–H groups in total. The molecule has 5 nitrogen and oxygen atoms in total. The molecule has 0 bridgehead atoms. The third kappa shape index (κ3) is 3.84. The summed E-state index contributed by atoms with van der Waals surface area (Å²) in [7, 11) is 0. The number of aromatic nitrogens is 2. The molecule has 1 heterocycles. The number of esters is 1. The van der Waals surface area contributed by atoms with Crippen LogP contribution >= 0.6 is 0 Å². The van der Waals surface area contributed by atoms with Crippen molar-refractivity contribution >= 4 is 5.97 Å². The summed E-state index contributed by atoms with van der Waals surface area (Å²) in [6.07, 6.45) is 4.09. The first-order valence-electron chi connectivity index (χ1n) is 8.02. The van der Waals surface area contributed by atoms with Crippen LogP contribution in [-0.4, -0.2) is 33.9 Å². The highest BCUT2D eigenvalue weighted by atomic mass is 16.5. The molecule has 1 aromatic rings. The maximum Gasteiger partial charge on any atom is 0.327 e. The Morgan fingerprint density at radius 2 is 2.14 bits per heavy atom. The van der Waals surface area contributed by atoms with Gasteiger partial charge in [0.1, 0.15) is 5.54 Å². The molecular weight excluding hydrogens is 266 g/mol. The highest BCUT2D eigenvalue weighted by Gasteiger charge is 2.40. The van der Waals surface area contributed by atoms with E-state index in [0.717, 1.165) is 31.4 Å². The second-order valence-corrected chi connectivity index (χ2v) is 5.96. The van der Waals surface area contributed by atoms with Gasteiger partial charge in [-0.1, -0.05) is 13.8 Å². The van der Waals surface area contributed by atoms with Crippen LogP contribution in [0.1, 0.15) is 51.9 Å². The zero-order valence-corrected chi connectivity index (χ0v) is 13.6. The molecule has 21 heavy (non-hydrogen) atoms. The topological polar surface area (TPSA) is 56.2 Å². The van der Waals surface area contributed by atoms with Gasteiger partial charge in [0.2, 0.25) is 0 Å². The molecule has 118 valence electrons. The Morgan fingerprint density at radius 3 is 2.67 bits per heavy atom. The SMILES string of the molecule is CCOC(=O)C(C)(Cn1nc(CC)cc1CC)NC1CC1. The minimum atomic E-state index is -0.710. The van der Waals surface area contributed by atoms with E-state index in [1.807, 2.05) is 18.5 Å². The van der Waals surface area contributed by atoms with Crippen LogP contribution in [0, 0.1) is 0 Å². The number of hydrogen-bond donors (Lipinski definition) is 1. The van der Waals surface area contributed by atoms with E-state index in [1.165, 1.54) is 5.69 Å². The molecule has 0 aliphatic heterocycles. The van der Waals surface area contributed by atoms with Gasteiger partial charge >= 0.3 is 5.97 Å². The van der Waals surface area contributed by atoms with E-state index >= 15 is 0 Å². The van der Waals surface area contributed by atoms with Crippen LogP contribution in [0.4, 0.5) is 0 Å². The lowest BCUT2D eigenvalue weighted by atomic mass is 10.0. The van der Waals surface area contributed by atoms with Gasteiger partial charge in [-0.25, -0.2) is 4.79 Å². The van der Waals surface area contributed by atoms with Crippen molar-refractivity contribution in [2.45, 2.75) is 71.5 Å². The average molecular weight is 293 g/mol. The molecule has 0 radical (unpaired) electrons. The first-order valence-corrected chi connectivity index (χ1v) is 8.02. The molecule has 5 heteroatoms. The highest BCUT2D eigenvalue weighted by Crippen LogP contribution is 2.24. The van der Waals surface area contributed by atoms with E-state index in [2.05, 4.69) is 30.3 Å². The van der Waals surface area contributed by atoms with Crippen LogP contribution in [-0.2, 0) is 28.9 Å². The number of carbonyl (C=O) groups excluding carboxylic acids is 1. The maximum atomic E-state index is 12.4. The lowest BCUT2D eigenvalue weighted by molar-refractivity contribution is -0.151. The van der Waals surface area contributed by atoms with Crippen LogP contribution in [0.2, 0.25) is 0 Å². The van der Waals surface area contributed by atoms with E-state index in [4.69, 9.17) is 4.74 Å². The van der Waals surface area contributed by atoms with Gasteiger partial charge in [-0.3, -0.25) is 10.00 Å². The molecule has 1 aliphatic carbocycles. The molecular formula is C16H27N3O2. The Kier molecular flexibility index (Phi) is 5.04. The molecule has 1 fully saturated rings. The fourth-order valence-corrected chi connectivity index (χ4v) is 2.55. The quantitative estimate of drug-likeness (QED) is 0.746. The van der Waals surface area contributed by atoms with Crippen LogP contribution < -0.4 is 5.32 Å². The first-order chi connectivity index (χ1) is 10.0. The second kappa shape index (κ2) is 6.60. The van der Waals surface area contributed by atoms with E-state index < -0.39 is 5.54 Å². The zero-order chi connectivity index (χ0) is 15.5. The summed E-state index contributed by atoms with van der Waals surface area (Å²) in [6, 6.07) is 2.56. The third-order valence-corrected chi connectivity index (χ3v) is 3.93. The van der Waals surface area contributed by atoms with Gasteiger partial charge in [-0.15, -0.1) is 0 Å². The fourth-order valence-electron chi connectivity index (χ4n) is 2.55. The summed E-state index contributed by atoms with van der Waals surface area (Å²) in [6.45, 7) is 8.90. The molecule has 1 unspecified atom stereocenters. The van der Waals surface area contributed by atoms with Gasteiger partial charge in [0.25, 0.3) is 0 Å². The average Bonchev–Trinajstić information content (AvgIpc) is 3.17. The van der Waals surface area contributed by atoms with Gasteiger partial charge in [0.15, 0.2) is 0 Å². The number of aryl methyl sites for hydroxylation is 2. The number of ether oxygens (including phenoxy) is 1. The summed E-state index contributed by atoms with van der Waals surface area (Å²) in [5, 5.41) is 8.07. The van der Waals surface area contributed by atoms with Gasteiger partial charge < -0.3 is 4.74 Å². The van der Waals surface area contributed by atoms with E-state index in [9.17, 15) is 4.79 Å². The number of carbonyl (C=O) groups is 1. The van der Waals surface area contributed by atoms with Crippen molar-refractivity contribution in [2.24, 2.45) is 0 Å². The van der Waals surface area contributed by atoms with E-state index in [0.29, 0.717) is 19.2 Å². The third-order valence-electron chi connectivity index (χ3n) is 3.93. The van der Waals surface area contributed by atoms with Crippen molar-refractivity contribution in [1.29, 1.82) is 0 Å². The summed E-state index contributed by atoms with van der Waals surface area (Å²) in [5.74, 6) is -0.187. The maximum absolute atomic E-state index is 12.4. The molecule has 1 saturated carbocycles. The Morgan fingerprint density at radius 1 is 1.43 bits per heavy atom. The van der Waals surface area contributed by atoms with Crippen molar-refractivity contribution in [1.82, 2.24) is 15.1 Å². The Labute approximate surface area is 127 Å². The number of nitrogens with one attached hydrogen (secondary N) is 1. The Balaban J connectivity index is 2.20. The van der Waals surface area contributed by atoms with Crippen LogP contribution in [0.15, 0.2) is 6.07 Å². The second-order valence-electron chi connectivity index (χ2n) is 5.96. The Hall–Kier alpha value is -1.36. The number of hydrogen-bond acceptors (Lipinski definition) is 4. The smallest absolute Gasteiger partial charge is 0.327 e. The highest BCUT2D eigenvalue weighted by molar-refractivity contribution is 5.80. The van der Waals surface area contributed by atoms with Gasteiger partial charge in [-0.2, -0.15) is 5.10 Å². The lowest BCUT2D eigenvalue weighted by Gasteiger charge is -2.29. The number of rotatable bonds is 8. The Bertz CT molecular complexity index is 494. The van der Waals surface area contributed by atoms with Crippen molar-refractivity contribution in [3.05, 3.63) is 17.5 Å². The molecule has 0 aromatic carbocycles. The summed E-state index contributed by atoms with van der Waals surface area (Å²) < 4.78 is 7.24. The van der Waals surface area contributed by atoms with E-state index in [-0.39, 0.29) is 5.97 Å². The minimum absolute atomic E-state index is 0.187. The molecule has 1 atom stereocenters. The van der Waals surface area contributed by atoms with E-state index in [1.54, 1.807) is 0 Å².